The van der Waals surface area contributed by atoms with Crippen molar-refractivity contribution in [1.82, 2.24) is 4.98 Å². The van der Waals surface area contributed by atoms with Gasteiger partial charge in [0.15, 0.2) is 5.75 Å². The molecule has 1 heterocycles. The Kier molecular flexibility index (Phi) is 4.27. The lowest BCUT2D eigenvalue weighted by atomic mass is 10.1. The Bertz CT molecular complexity index is 1060. The molecule has 0 saturated heterocycles. The van der Waals surface area contributed by atoms with Crippen LogP contribution in [0, 0.1) is 27.2 Å². The van der Waals surface area contributed by atoms with E-state index < -0.39 is 27.2 Å². The number of pyridine rings is 1. The topological polar surface area (TPSA) is 125 Å². The van der Waals surface area contributed by atoms with Crippen molar-refractivity contribution in [3.63, 3.8) is 0 Å². The molecule has 0 fully saturated rings. The van der Waals surface area contributed by atoms with E-state index in [0.29, 0.717) is 11.2 Å². The number of hydrogen-bond acceptors (Lipinski definition) is 7. The molecule has 9 heteroatoms. The zero-order valence-electron chi connectivity index (χ0n) is 13.4. The maximum Gasteiger partial charge on any atom is 0.350 e. The van der Waals surface area contributed by atoms with E-state index in [-0.39, 0.29) is 11.3 Å². The van der Waals surface area contributed by atoms with Gasteiger partial charge in [-0.15, -0.1) is 0 Å². The number of nitrogens with zero attached hydrogens (tertiary/aromatic N) is 3. The summed E-state index contributed by atoms with van der Waals surface area (Å²) in [4.78, 5) is 37.1. The van der Waals surface area contributed by atoms with E-state index in [2.05, 4.69) is 4.98 Å². The van der Waals surface area contributed by atoms with Crippen LogP contribution in [0.25, 0.3) is 10.9 Å². The Morgan fingerprint density at radius 3 is 2.50 bits per heavy atom. The highest BCUT2D eigenvalue weighted by Crippen LogP contribution is 2.28. The van der Waals surface area contributed by atoms with Gasteiger partial charge in [0.2, 0.25) is 0 Å². The third kappa shape index (κ3) is 3.18. The zero-order valence-corrected chi connectivity index (χ0v) is 13.4. The molecule has 0 N–H and O–H groups in total. The number of aryl methyl sites for hydroxylation is 1. The van der Waals surface area contributed by atoms with Crippen molar-refractivity contribution >= 4 is 28.2 Å². The fraction of sp³-hybridized carbons (Fsp3) is 0.0588. The summed E-state index contributed by atoms with van der Waals surface area (Å²) < 4.78 is 5.28. The highest BCUT2D eigenvalue weighted by atomic mass is 16.6. The zero-order chi connectivity index (χ0) is 18.8. The molecule has 0 unspecified atom stereocenters. The molecule has 9 nitrogen and oxygen atoms in total. The van der Waals surface area contributed by atoms with E-state index in [1.54, 1.807) is 25.1 Å². The van der Waals surface area contributed by atoms with Crippen LogP contribution in [0.4, 0.5) is 11.4 Å². The summed E-state index contributed by atoms with van der Waals surface area (Å²) in [6.45, 7) is 1.78. The van der Waals surface area contributed by atoms with Crippen molar-refractivity contribution in [3.8, 4) is 5.75 Å². The lowest BCUT2D eigenvalue weighted by molar-refractivity contribution is -0.394. The molecular formula is C17H11N3O6. The first kappa shape index (κ1) is 17.0. The number of ether oxygens (including phenoxy) is 1. The maximum atomic E-state index is 12.4. The molecule has 0 spiro atoms. The van der Waals surface area contributed by atoms with Gasteiger partial charge in [-0.05, 0) is 25.1 Å². The second-order valence-electron chi connectivity index (χ2n) is 5.39. The number of para-hydroxylation sites is 1. The van der Waals surface area contributed by atoms with Crippen molar-refractivity contribution < 1.29 is 19.4 Å². The summed E-state index contributed by atoms with van der Waals surface area (Å²) in [6, 6.07) is 11.3. The largest absolute Gasteiger partial charge is 0.420 e. The van der Waals surface area contributed by atoms with E-state index in [0.717, 1.165) is 23.6 Å². The van der Waals surface area contributed by atoms with Crippen molar-refractivity contribution in [2.45, 2.75) is 6.92 Å². The van der Waals surface area contributed by atoms with Gasteiger partial charge in [-0.3, -0.25) is 20.2 Å². The number of rotatable bonds is 4. The molecule has 0 saturated carbocycles. The minimum atomic E-state index is -0.998. The van der Waals surface area contributed by atoms with Gasteiger partial charge in [0.1, 0.15) is 11.1 Å². The van der Waals surface area contributed by atoms with Crippen LogP contribution < -0.4 is 4.74 Å². The lowest BCUT2D eigenvalue weighted by Gasteiger charge is -2.08. The summed E-state index contributed by atoms with van der Waals surface area (Å²) in [5.74, 6) is -0.855. The first-order valence-electron chi connectivity index (χ1n) is 7.38. The van der Waals surface area contributed by atoms with Crippen LogP contribution in [0.1, 0.15) is 16.1 Å². The van der Waals surface area contributed by atoms with Gasteiger partial charge in [0.05, 0.1) is 15.9 Å². The molecule has 0 atom stereocenters. The predicted molar refractivity (Wildman–Crippen MR) is 91.2 cm³/mol. The molecule has 1 aromatic heterocycles. The average molecular weight is 353 g/mol. The average Bonchev–Trinajstić information content (AvgIpc) is 2.61. The van der Waals surface area contributed by atoms with Crippen LogP contribution >= 0.6 is 0 Å². The fourth-order valence-electron chi connectivity index (χ4n) is 2.41. The van der Waals surface area contributed by atoms with Crippen molar-refractivity contribution in [2.24, 2.45) is 0 Å². The number of nitro benzene ring substituents is 2. The van der Waals surface area contributed by atoms with E-state index in [1.165, 1.54) is 6.07 Å². The summed E-state index contributed by atoms with van der Waals surface area (Å²) >= 11 is 0. The SMILES string of the molecule is Cc1ccc2cccc(OC(=O)c3ccc([N+](=O)[O-])cc3[N+](=O)[O-])c2n1. The van der Waals surface area contributed by atoms with Crippen LogP contribution in [0.15, 0.2) is 48.5 Å². The predicted octanol–water partition coefficient (Wildman–Crippen LogP) is 3.58. The van der Waals surface area contributed by atoms with Crippen LogP contribution in [-0.2, 0) is 0 Å². The number of nitro groups is 2. The normalized spacial score (nSPS) is 10.5. The number of esters is 1. The van der Waals surface area contributed by atoms with Crippen LogP contribution in [0.2, 0.25) is 0 Å². The Morgan fingerprint density at radius 2 is 1.81 bits per heavy atom. The Hall–Kier alpha value is -3.88. The van der Waals surface area contributed by atoms with E-state index >= 15 is 0 Å². The van der Waals surface area contributed by atoms with Gasteiger partial charge >= 0.3 is 5.97 Å². The van der Waals surface area contributed by atoms with Crippen LogP contribution in [0.5, 0.6) is 5.75 Å². The third-order valence-corrected chi connectivity index (χ3v) is 3.63. The number of carbonyl (C=O) groups is 1. The second kappa shape index (κ2) is 6.55. The van der Waals surface area contributed by atoms with Gasteiger partial charge in [0.25, 0.3) is 11.4 Å². The Labute approximate surface area is 146 Å². The first-order valence-corrected chi connectivity index (χ1v) is 7.38. The number of carbonyl (C=O) groups excluding carboxylic acids is 1. The number of benzene rings is 2. The minimum absolute atomic E-state index is 0.142. The molecule has 0 aliphatic rings. The van der Waals surface area contributed by atoms with Gasteiger partial charge in [-0.25, -0.2) is 9.78 Å². The van der Waals surface area contributed by atoms with E-state index in [1.807, 2.05) is 6.07 Å². The van der Waals surface area contributed by atoms with E-state index in [9.17, 15) is 25.0 Å². The quantitative estimate of drug-likeness (QED) is 0.304. The number of fused-ring (bicyclic) bond motifs is 1. The Balaban J connectivity index is 2.02. The molecule has 0 aliphatic heterocycles. The van der Waals surface area contributed by atoms with E-state index in [4.69, 9.17) is 4.74 Å². The molecule has 3 rings (SSSR count). The highest BCUT2D eigenvalue weighted by Gasteiger charge is 2.26. The van der Waals surface area contributed by atoms with Gasteiger partial charge in [-0.2, -0.15) is 0 Å². The summed E-state index contributed by atoms with van der Waals surface area (Å²) in [5.41, 5.74) is -0.428. The molecule has 3 aromatic rings. The lowest BCUT2D eigenvalue weighted by Crippen LogP contribution is -2.12. The number of aromatic nitrogens is 1. The fourth-order valence-corrected chi connectivity index (χ4v) is 2.41. The standard InChI is InChI=1S/C17H11N3O6/c1-10-5-6-11-3-2-4-15(16(11)18-10)26-17(21)13-8-7-12(19(22)23)9-14(13)20(24)25/h2-9H,1H3. The first-order chi connectivity index (χ1) is 12.4. The number of hydrogen-bond donors (Lipinski definition) is 0. The van der Waals surface area contributed by atoms with Crippen LogP contribution in [0.3, 0.4) is 0 Å². The van der Waals surface area contributed by atoms with Crippen LogP contribution in [-0.4, -0.2) is 20.8 Å². The van der Waals surface area contributed by atoms with Gasteiger partial charge < -0.3 is 4.74 Å². The molecule has 0 bridgehead atoms. The highest BCUT2D eigenvalue weighted by molar-refractivity contribution is 5.97. The Morgan fingerprint density at radius 1 is 1.04 bits per heavy atom. The van der Waals surface area contributed by atoms with Crippen molar-refractivity contribution in [3.05, 3.63) is 80.0 Å². The molecule has 0 amide bonds. The molecule has 0 radical (unpaired) electrons. The van der Waals surface area contributed by atoms with Crippen molar-refractivity contribution in [2.75, 3.05) is 0 Å². The summed E-state index contributed by atoms with van der Waals surface area (Å²) in [7, 11) is 0. The maximum absolute atomic E-state index is 12.4. The molecule has 26 heavy (non-hydrogen) atoms. The molecule has 0 aliphatic carbocycles. The smallest absolute Gasteiger partial charge is 0.350 e. The molecular weight excluding hydrogens is 342 g/mol. The second-order valence-corrected chi connectivity index (χ2v) is 5.39. The monoisotopic (exact) mass is 353 g/mol. The van der Waals surface area contributed by atoms with Gasteiger partial charge in [-0.1, -0.05) is 18.2 Å². The molecule has 2 aromatic carbocycles. The molecule has 130 valence electrons. The summed E-state index contributed by atoms with van der Waals surface area (Å²) in [5, 5.41) is 22.7. The van der Waals surface area contributed by atoms with Gasteiger partial charge in [0, 0.05) is 17.1 Å². The minimum Gasteiger partial charge on any atom is -0.420 e. The third-order valence-electron chi connectivity index (χ3n) is 3.63. The number of non-ortho nitro benzene ring substituents is 1. The summed E-state index contributed by atoms with van der Waals surface area (Å²) in [6.07, 6.45) is 0. The van der Waals surface area contributed by atoms with Crippen molar-refractivity contribution in [1.29, 1.82) is 0 Å².